The van der Waals surface area contributed by atoms with E-state index >= 15 is 0 Å². The van der Waals surface area contributed by atoms with Gasteiger partial charge in [0.05, 0.1) is 12.2 Å². The van der Waals surface area contributed by atoms with Crippen molar-refractivity contribution in [1.29, 1.82) is 0 Å². The normalized spacial score (nSPS) is 16.9. The van der Waals surface area contributed by atoms with Crippen molar-refractivity contribution >= 4 is 11.6 Å². The number of rotatable bonds is 4. The van der Waals surface area contributed by atoms with Crippen LogP contribution < -0.4 is 10.2 Å². The summed E-state index contributed by atoms with van der Waals surface area (Å²) in [6.45, 7) is 3.77. The van der Waals surface area contributed by atoms with Crippen LogP contribution >= 0.6 is 0 Å². The third-order valence-electron chi connectivity index (χ3n) is 6.97. The van der Waals surface area contributed by atoms with Gasteiger partial charge in [0.2, 0.25) is 5.82 Å². The highest BCUT2D eigenvalue weighted by Crippen LogP contribution is 2.49. The molecule has 1 aliphatic heterocycles. The fourth-order valence-electron chi connectivity index (χ4n) is 4.88. The molecule has 3 aromatic rings. The van der Waals surface area contributed by atoms with Crippen molar-refractivity contribution in [3.8, 4) is 0 Å². The Hall–Kier alpha value is -3.21. The van der Waals surface area contributed by atoms with Crippen LogP contribution in [0.2, 0.25) is 0 Å². The molecule has 5 nitrogen and oxygen atoms in total. The van der Waals surface area contributed by atoms with Crippen molar-refractivity contribution in [1.82, 2.24) is 15.3 Å². The summed E-state index contributed by atoms with van der Waals surface area (Å²) in [6.07, 6.45) is 6.40. The van der Waals surface area contributed by atoms with Gasteiger partial charge < -0.3 is 10.2 Å². The molecule has 0 atom stereocenters. The molecule has 1 aromatic heterocycles. The lowest BCUT2D eigenvalue weighted by Gasteiger charge is -2.43. The summed E-state index contributed by atoms with van der Waals surface area (Å²) >= 11 is 0. The summed E-state index contributed by atoms with van der Waals surface area (Å²) in [7, 11) is 1.60. The Balaban J connectivity index is 1.38. The second kappa shape index (κ2) is 7.80. The molecule has 0 saturated heterocycles. The van der Waals surface area contributed by atoms with Crippen LogP contribution in [0.4, 0.5) is 5.69 Å². The molecule has 0 radical (unpaired) electrons. The molecule has 158 valence electrons. The average Bonchev–Trinajstić information content (AvgIpc) is 2.79. The summed E-state index contributed by atoms with van der Waals surface area (Å²) in [6, 6.07) is 18.2. The summed E-state index contributed by atoms with van der Waals surface area (Å²) < 4.78 is 0. The molecular weight excluding hydrogens is 384 g/mol. The molecule has 1 fully saturated rings. The minimum atomic E-state index is -0.244. The summed E-state index contributed by atoms with van der Waals surface area (Å²) in [5.41, 5.74) is 7.59. The van der Waals surface area contributed by atoms with Crippen LogP contribution in [-0.4, -0.2) is 29.5 Å². The van der Waals surface area contributed by atoms with E-state index < -0.39 is 0 Å². The molecule has 0 spiro atoms. The number of anilines is 1. The molecule has 1 aliphatic carbocycles. The second-order valence-electron chi connectivity index (χ2n) is 8.76. The molecule has 1 amide bonds. The third-order valence-corrected chi connectivity index (χ3v) is 6.97. The minimum absolute atomic E-state index is 0.163. The molecule has 5 heteroatoms. The van der Waals surface area contributed by atoms with E-state index in [0.29, 0.717) is 6.54 Å². The second-order valence-corrected chi connectivity index (χ2v) is 8.76. The Bertz CT molecular complexity index is 1100. The van der Waals surface area contributed by atoms with Crippen LogP contribution in [-0.2, 0) is 18.4 Å². The van der Waals surface area contributed by atoms with Crippen molar-refractivity contribution in [2.45, 2.75) is 44.6 Å². The van der Waals surface area contributed by atoms with Crippen molar-refractivity contribution < 1.29 is 4.79 Å². The Morgan fingerprint density at radius 3 is 2.32 bits per heavy atom. The maximum atomic E-state index is 11.9. The van der Waals surface area contributed by atoms with Gasteiger partial charge in [-0.05, 0) is 55.0 Å². The molecule has 5 rings (SSSR count). The Kier molecular flexibility index (Phi) is 4.97. The first kappa shape index (κ1) is 19.7. The number of amides is 1. The van der Waals surface area contributed by atoms with E-state index in [9.17, 15) is 4.79 Å². The number of carbonyl (C=O) groups is 1. The van der Waals surface area contributed by atoms with Gasteiger partial charge in [-0.25, -0.2) is 9.97 Å². The zero-order valence-electron chi connectivity index (χ0n) is 18.2. The van der Waals surface area contributed by atoms with Crippen molar-refractivity contribution in [2.75, 3.05) is 18.5 Å². The standard InChI is InChI=1S/C26H28N4O/c1-18-4-6-20(7-5-18)26(13-3-14-26)21-8-10-22(11-9-21)30-15-12-19-16-28-24(25(31)27-2)29-23(19)17-30/h4-11,16H,3,12-15,17H2,1-2H3,(H,27,31). The van der Waals surface area contributed by atoms with Crippen LogP contribution in [0.15, 0.2) is 54.7 Å². The number of fused-ring (bicyclic) bond motifs is 1. The van der Waals surface area contributed by atoms with E-state index in [1.165, 1.54) is 41.6 Å². The first-order chi connectivity index (χ1) is 15.1. The topological polar surface area (TPSA) is 58.1 Å². The quantitative estimate of drug-likeness (QED) is 0.699. The largest absolute Gasteiger partial charge is 0.365 e. The molecule has 2 heterocycles. The lowest BCUT2D eigenvalue weighted by atomic mass is 9.60. The molecule has 1 N–H and O–H groups in total. The van der Waals surface area contributed by atoms with Gasteiger partial charge in [-0.1, -0.05) is 48.4 Å². The van der Waals surface area contributed by atoms with Crippen molar-refractivity contribution in [3.63, 3.8) is 0 Å². The first-order valence-corrected chi connectivity index (χ1v) is 11.1. The number of benzene rings is 2. The molecule has 2 aromatic carbocycles. The fraction of sp³-hybridized carbons (Fsp3) is 0.346. The zero-order valence-corrected chi connectivity index (χ0v) is 18.2. The van der Waals surface area contributed by atoms with Gasteiger partial charge in [0.25, 0.3) is 5.91 Å². The number of aryl methyl sites for hydroxylation is 1. The number of aromatic nitrogens is 2. The Morgan fingerprint density at radius 2 is 1.71 bits per heavy atom. The third kappa shape index (κ3) is 3.48. The molecule has 31 heavy (non-hydrogen) atoms. The highest BCUT2D eigenvalue weighted by molar-refractivity contribution is 5.90. The predicted molar refractivity (Wildman–Crippen MR) is 122 cm³/mol. The Morgan fingerprint density at radius 1 is 1.03 bits per heavy atom. The van der Waals surface area contributed by atoms with E-state index in [-0.39, 0.29) is 17.1 Å². The van der Waals surface area contributed by atoms with Crippen molar-refractivity contribution in [3.05, 3.63) is 88.5 Å². The van der Waals surface area contributed by atoms with E-state index in [1.807, 2.05) is 0 Å². The number of carbonyl (C=O) groups excluding carboxylic acids is 1. The minimum Gasteiger partial charge on any atom is -0.365 e. The van der Waals surface area contributed by atoms with Gasteiger partial charge in [-0.3, -0.25) is 4.79 Å². The number of hydrogen-bond donors (Lipinski definition) is 1. The van der Waals surface area contributed by atoms with E-state index in [2.05, 4.69) is 75.6 Å². The lowest BCUT2D eigenvalue weighted by Crippen LogP contribution is -2.35. The van der Waals surface area contributed by atoms with E-state index in [0.717, 1.165) is 24.2 Å². The fourth-order valence-corrected chi connectivity index (χ4v) is 4.88. The maximum absolute atomic E-state index is 11.9. The smallest absolute Gasteiger partial charge is 0.288 e. The number of nitrogens with one attached hydrogen (secondary N) is 1. The SMILES string of the molecule is CNC(=O)c1ncc2c(n1)CN(c1ccc(C3(c4ccc(C)cc4)CCC3)cc1)CC2. The average molecular weight is 413 g/mol. The Labute approximate surface area is 183 Å². The summed E-state index contributed by atoms with van der Waals surface area (Å²) in [4.78, 5) is 23.0. The molecular formula is C26H28N4O. The van der Waals surface area contributed by atoms with Crippen LogP contribution in [0, 0.1) is 6.92 Å². The summed E-state index contributed by atoms with van der Waals surface area (Å²) in [5, 5.41) is 2.60. The molecule has 0 unspecified atom stereocenters. The van der Waals surface area contributed by atoms with Gasteiger partial charge in [-0.2, -0.15) is 0 Å². The molecule has 0 bridgehead atoms. The number of hydrogen-bond acceptors (Lipinski definition) is 4. The van der Waals surface area contributed by atoms with Gasteiger partial charge in [0.15, 0.2) is 0 Å². The van der Waals surface area contributed by atoms with E-state index in [4.69, 9.17) is 0 Å². The van der Waals surface area contributed by atoms with Gasteiger partial charge in [0, 0.05) is 30.9 Å². The lowest BCUT2D eigenvalue weighted by molar-refractivity contribution is 0.0952. The highest BCUT2D eigenvalue weighted by atomic mass is 16.2. The monoisotopic (exact) mass is 412 g/mol. The van der Waals surface area contributed by atoms with Gasteiger partial charge in [-0.15, -0.1) is 0 Å². The van der Waals surface area contributed by atoms with Crippen molar-refractivity contribution in [2.24, 2.45) is 0 Å². The first-order valence-electron chi connectivity index (χ1n) is 11.1. The summed E-state index contributed by atoms with van der Waals surface area (Å²) in [5.74, 6) is -0.00495. The van der Waals surface area contributed by atoms with E-state index in [1.54, 1.807) is 13.2 Å². The van der Waals surface area contributed by atoms with Gasteiger partial charge >= 0.3 is 0 Å². The van der Waals surface area contributed by atoms with Crippen LogP contribution in [0.1, 0.15) is 57.8 Å². The maximum Gasteiger partial charge on any atom is 0.288 e. The highest BCUT2D eigenvalue weighted by Gasteiger charge is 2.40. The van der Waals surface area contributed by atoms with Crippen LogP contribution in [0.3, 0.4) is 0 Å². The predicted octanol–water partition coefficient (Wildman–Crippen LogP) is 4.18. The molecule has 1 saturated carbocycles. The number of nitrogens with zero attached hydrogens (tertiary/aromatic N) is 3. The molecule has 2 aliphatic rings. The van der Waals surface area contributed by atoms with Gasteiger partial charge in [0.1, 0.15) is 0 Å². The zero-order chi connectivity index (χ0) is 21.4. The van der Waals surface area contributed by atoms with Crippen LogP contribution in [0.25, 0.3) is 0 Å². The van der Waals surface area contributed by atoms with Crippen LogP contribution in [0.5, 0.6) is 0 Å².